The second-order valence-electron chi connectivity index (χ2n) is 5.59. The van der Waals surface area contributed by atoms with Crippen LogP contribution in [-0.2, 0) is 4.79 Å². The van der Waals surface area contributed by atoms with E-state index in [4.69, 9.17) is 11.6 Å². The first-order valence-electron chi connectivity index (χ1n) is 5.75. The molecule has 2 bridgehead atoms. The third-order valence-corrected chi connectivity index (χ3v) is 4.97. The Bertz CT molecular complexity index is 351. The van der Waals surface area contributed by atoms with Crippen LogP contribution in [0.25, 0.3) is 0 Å². The molecule has 1 amide bonds. The number of allylic oxidation sites excluding steroid dienone is 2. The number of nitrogens with one attached hydrogen (secondary N) is 2. The molecule has 0 radical (unpaired) electrons. The number of halogens is 1. The molecule has 2 atom stereocenters. The van der Waals surface area contributed by atoms with Crippen molar-refractivity contribution in [3.05, 3.63) is 11.8 Å². The summed E-state index contributed by atoms with van der Waals surface area (Å²) in [4.78, 5) is 11.1. The van der Waals surface area contributed by atoms with Crippen LogP contribution < -0.4 is 10.9 Å². The van der Waals surface area contributed by atoms with Crippen LogP contribution in [0.15, 0.2) is 11.8 Å². The number of hydrogen-bond acceptors (Lipinski definition) is 2. The van der Waals surface area contributed by atoms with E-state index in [2.05, 4.69) is 37.7 Å². The van der Waals surface area contributed by atoms with Gasteiger partial charge in [-0.2, -0.15) is 0 Å². The minimum atomic E-state index is -0.188. The fraction of sp³-hybridized carbons (Fsp3) is 0.750. The van der Waals surface area contributed by atoms with Gasteiger partial charge in [0.05, 0.1) is 0 Å². The van der Waals surface area contributed by atoms with Crippen molar-refractivity contribution in [3.8, 4) is 0 Å². The van der Waals surface area contributed by atoms with Crippen molar-refractivity contribution in [1.29, 1.82) is 0 Å². The second-order valence-corrected chi connectivity index (χ2v) is 5.85. The van der Waals surface area contributed by atoms with E-state index < -0.39 is 0 Å². The number of alkyl halides is 1. The van der Waals surface area contributed by atoms with Gasteiger partial charge in [-0.25, -0.2) is 0 Å². The monoisotopic (exact) mass is 242 g/mol. The van der Waals surface area contributed by atoms with Gasteiger partial charge in [0.25, 0.3) is 5.91 Å². The van der Waals surface area contributed by atoms with E-state index in [1.165, 1.54) is 12.8 Å². The van der Waals surface area contributed by atoms with Crippen LogP contribution in [-0.4, -0.2) is 11.8 Å². The van der Waals surface area contributed by atoms with Crippen LogP contribution in [0, 0.1) is 16.7 Å². The van der Waals surface area contributed by atoms with Gasteiger partial charge in [0.1, 0.15) is 5.88 Å². The van der Waals surface area contributed by atoms with Crippen molar-refractivity contribution < 1.29 is 4.79 Å². The van der Waals surface area contributed by atoms with Crippen molar-refractivity contribution in [2.75, 3.05) is 5.88 Å². The number of rotatable bonds is 3. The molecule has 4 heteroatoms. The Balaban J connectivity index is 2.09. The molecule has 0 aromatic rings. The number of amides is 1. The Morgan fingerprint density at radius 3 is 2.69 bits per heavy atom. The second kappa shape index (κ2) is 3.66. The molecule has 90 valence electrons. The highest BCUT2D eigenvalue weighted by molar-refractivity contribution is 6.27. The summed E-state index contributed by atoms with van der Waals surface area (Å²) in [6.07, 6.45) is 4.69. The lowest BCUT2D eigenvalue weighted by Gasteiger charge is -2.37. The Hall–Kier alpha value is -0.700. The number of hydrogen-bond donors (Lipinski definition) is 2. The third kappa shape index (κ3) is 1.45. The minimum absolute atomic E-state index is 0.0101. The van der Waals surface area contributed by atoms with Crippen LogP contribution in [0.4, 0.5) is 0 Å². The van der Waals surface area contributed by atoms with Gasteiger partial charge in [0, 0.05) is 11.1 Å². The maximum Gasteiger partial charge on any atom is 0.253 e. The van der Waals surface area contributed by atoms with Crippen LogP contribution in [0.2, 0.25) is 0 Å². The van der Waals surface area contributed by atoms with Crippen molar-refractivity contribution in [2.45, 2.75) is 33.6 Å². The maximum atomic E-state index is 11.1. The summed E-state index contributed by atoms with van der Waals surface area (Å²) in [5, 5.41) is 0. The molecule has 1 saturated carbocycles. The normalized spacial score (nSPS) is 34.8. The molecule has 16 heavy (non-hydrogen) atoms. The summed E-state index contributed by atoms with van der Waals surface area (Å²) >= 11 is 5.44. The van der Waals surface area contributed by atoms with E-state index in [-0.39, 0.29) is 22.6 Å². The van der Waals surface area contributed by atoms with Crippen molar-refractivity contribution in [1.82, 2.24) is 10.9 Å². The highest BCUT2D eigenvalue weighted by Gasteiger charge is 2.57. The quantitative estimate of drug-likeness (QED) is 0.589. The predicted octanol–water partition coefficient (Wildman–Crippen LogP) is 2.19. The van der Waals surface area contributed by atoms with Crippen molar-refractivity contribution in [2.24, 2.45) is 16.7 Å². The van der Waals surface area contributed by atoms with E-state index in [1.807, 2.05) is 0 Å². The lowest BCUT2D eigenvalue weighted by Crippen LogP contribution is -2.43. The van der Waals surface area contributed by atoms with Gasteiger partial charge < -0.3 is 5.43 Å². The Labute approximate surface area is 102 Å². The molecular weight excluding hydrogens is 224 g/mol. The van der Waals surface area contributed by atoms with Crippen LogP contribution in [0.3, 0.4) is 0 Å². The summed E-state index contributed by atoms with van der Waals surface area (Å²) in [6, 6.07) is 0. The molecule has 0 aromatic carbocycles. The fourth-order valence-corrected chi connectivity index (χ4v) is 3.11. The lowest BCUT2D eigenvalue weighted by atomic mass is 9.69. The summed E-state index contributed by atoms with van der Waals surface area (Å²) in [5.41, 5.74) is 7.24. The molecule has 3 nitrogen and oxygen atoms in total. The standard InChI is InChI=1S/C12H19ClN2O/c1-11(2)8-4-5-12(11,3)9(6-8)14-15-10(16)7-13/h6,8,14H,4-5,7H2,1-3H3,(H,15,16)/t8-,12+/m0/s1. The fourth-order valence-electron chi connectivity index (χ4n) is 3.04. The molecule has 0 heterocycles. The van der Waals surface area contributed by atoms with Gasteiger partial charge in [0.2, 0.25) is 0 Å². The highest BCUT2D eigenvalue weighted by atomic mass is 35.5. The first kappa shape index (κ1) is 11.8. The highest BCUT2D eigenvalue weighted by Crippen LogP contribution is 2.64. The molecule has 0 aromatic heterocycles. The van der Waals surface area contributed by atoms with Gasteiger partial charge in [-0.05, 0) is 24.2 Å². The molecule has 2 N–H and O–H groups in total. The van der Waals surface area contributed by atoms with Crippen molar-refractivity contribution >= 4 is 17.5 Å². The van der Waals surface area contributed by atoms with Gasteiger partial charge in [0.15, 0.2) is 0 Å². The molecule has 0 spiro atoms. The zero-order chi connectivity index (χ0) is 12.0. The third-order valence-electron chi connectivity index (χ3n) is 4.72. The van der Waals surface area contributed by atoms with E-state index in [0.29, 0.717) is 5.92 Å². The first-order valence-corrected chi connectivity index (χ1v) is 6.28. The average Bonchev–Trinajstić information content (AvgIpc) is 2.58. The molecular formula is C12H19ClN2O. The predicted molar refractivity (Wildman–Crippen MR) is 64.7 cm³/mol. The van der Waals surface area contributed by atoms with Crippen molar-refractivity contribution in [3.63, 3.8) is 0 Å². The lowest BCUT2D eigenvalue weighted by molar-refractivity contribution is -0.119. The maximum absolute atomic E-state index is 11.1. The molecule has 2 aliphatic carbocycles. The molecule has 0 unspecified atom stereocenters. The number of hydrazine groups is 1. The van der Waals surface area contributed by atoms with Gasteiger partial charge in [-0.3, -0.25) is 10.2 Å². The smallest absolute Gasteiger partial charge is 0.253 e. The minimum Gasteiger partial charge on any atom is -0.302 e. The summed E-state index contributed by atoms with van der Waals surface area (Å²) in [6.45, 7) is 6.88. The number of carbonyl (C=O) groups is 1. The summed E-state index contributed by atoms with van der Waals surface area (Å²) < 4.78 is 0. The molecule has 0 aliphatic heterocycles. The van der Waals surface area contributed by atoms with Gasteiger partial charge in [-0.1, -0.05) is 26.8 Å². The first-order chi connectivity index (χ1) is 7.41. The number of fused-ring (bicyclic) bond motifs is 2. The zero-order valence-corrected chi connectivity index (χ0v) is 10.8. The topological polar surface area (TPSA) is 41.1 Å². The SMILES string of the molecule is CC1(C)[C@@H]2C=C(NNC(=O)CCl)[C@@]1(C)CC2. The zero-order valence-electron chi connectivity index (χ0n) is 10.1. The van der Waals surface area contributed by atoms with Crippen LogP contribution in [0.5, 0.6) is 0 Å². The summed E-state index contributed by atoms with van der Waals surface area (Å²) in [5.74, 6) is 0.420. The Morgan fingerprint density at radius 1 is 1.56 bits per heavy atom. The number of carbonyl (C=O) groups excluding carboxylic acids is 1. The molecule has 2 rings (SSSR count). The molecule has 1 fully saturated rings. The molecule has 0 saturated heterocycles. The Morgan fingerprint density at radius 2 is 2.25 bits per heavy atom. The van der Waals surface area contributed by atoms with E-state index in [1.54, 1.807) is 0 Å². The van der Waals surface area contributed by atoms with Gasteiger partial charge >= 0.3 is 0 Å². The summed E-state index contributed by atoms with van der Waals surface area (Å²) in [7, 11) is 0. The van der Waals surface area contributed by atoms with E-state index in [9.17, 15) is 4.79 Å². The van der Waals surface area contributed by atoms with E-state index >= 15 is 0 Å². The average molecular weight is 243 g/mol. The van der Waals surface area contributed by atoms with Gasteiger partial charge in [-0.15, -0.1) is 11.6 Å². The Kier molecular flexibility index (Phi) is 2.69. The molecule has 2 aliphatic rings. The van der Waals surface area contributed by atoms with E-state index in [0.717, 1.165) is 5.70 Å². The van der Waals surface area contributed by atoms with Crippen LogP contribution >= 0.6 is 11.6 Å². The largest absolute Gasteiger partial charge is 0.302 e. The van der Waals surface area contributed by atoms with Crippen LogP contribution in [0.1, 0.15) is 33.6 Å².